The average Bonchev–Trinajstić information content (AvgIpc) is 3.46. The number of para-hydroxylation sites is 1. The summed E-state index contributed by atoms with van der Waals surface area (Å²) in [7, 11) is 0. The van der Waals surface area contributed by atoms with Crippen LogP contribution in [0.15, 0.2) is 54.6 Å². The van der Waals surface area contributed by atoms with Crippen LogP contribution in [0.25, 0.3) is 0 Å². The van der Waals surface area contributed by atoms with Crippen LogP contribution in [0.5, 0.6) is 0 Å². The van der Waals surface area contributed by atoms with Gasteiger partial charge in [0.2, 0.25) is 11.8 Å². The molecule has 0 spiro atoms. The molecule has 7 nitrogen and oxygen atoms in total. The monoisotopic (exact) mass is 446 g/mol. The van der Waals surface area contributed by atoms with Crippen molar-refractivity contribution in [3.8, 4) is 0 Å². The number of carbonyl (C=O) groups excluding carboxylic acids is 3. The Morgan fingerprint density at radius 2 is 1.73 bits per heavy atom. The summed E-state index contributed by atoms with van der Waals surface area (Å²) in [5.41, 5.74) is 1.47. The zero-order valence-electron chi connectivity index (χ0n) is 19.0. The van der Waals surface area contributed by atoms with Crippen molar-refractivity contribution < 1.29 is 14.4 Å². The lowest BCUT2D eigenvalue weighted by molar-refractivity contribution is -0.124. The predicted molar refractivity (Wildman–Crippen MR) is 126 cm³/mol. The molecule has 0 aromatic heterocycles. The van der Waals surface area contributed by atoms with Crippen molar-refractivity contribution in [3.63, 3.8) is 0 Å². The highest BCUT2D eigenvalue weighted by atomic mass is 16.2. The maximum atomic E-state index is 13.4. The van der Waals surface area contributed by atoms with E-state index in [1.54, 1.807) is 21.9 Å². The molecule has 0 aliphatic carbocycles. The third-order valence-corrected chi connectivity index (χ3v) is 7.31. The van der Waals surface area contributed by atoms with Crippen molar-refractivity contribution in [3.05, 3.63) is 65.7 Å². The third-order valence-electron chi connectivity index (χ3n) is 7.31. The molecule has 0 saturated carbocycles. The highest BCUT2D eigenvalue weighted by Gasteiger charge is 2.53. The second-order valence-corrected chi connectivity index (χ2v) is 9.33. The minimum Gasteiger partial charge on any atom is -0.353 e. The van der Waals surface area contributed by atoms with E-state index in [0.29, 0.717) is 30.6 Å². The molecule has 2 fully saturated rings. The van der Waals surface area contributed by atoms with Crippen molar-refractivity contribution in [2.75, 3.05) is 31.1 Å². The number of hydrogen-bond acceptors (Lipinski definition) is 4. The Balaban J connectivity index is 1.34. The quantitative estimate of drug-likeness (QED) is 0.741. The van der Waals surface area contributed by atoms with Gasteiger partial charge in [0.1, 0.15) is 12.2 Å². The highest BCUT2D eigenvalue weighted by molar-refractivity contribution is 6.11. The number of anilines is 1. The van der Waals surface area contributed by atoms with Gasteiger partial charge in [0.15, 0.2) is 0 Å². The maximum absolute atomic E-state index is 13.4. The fourth-order valence-electron chi connectivity index (χ4n) is 5.54. The molecule has 7 heteroatoms. The molecule has 3 aliphatic heterocycles. The number of carbonyl (C=O) groups is 3. The van der Waals surface area contributed by atoms with Gasteiger partial charge in [-0.25, -0.2) is 0 Å². The van der Waals surface area contributed by atoms with E-state index in [1.165, 1.54) is 18.4 Å². The minimum atomic E-state index is -0.826. The zero-order valence-corrected chi connectivity index (χ0v) is 19.0. The zero-order chi connectivity index (χ0) is 23.0. The lowest BCUT2D eigenvalue weighted by atomic mass is 9.98. The topological polar surface area (TPSA) is 73.0 Å². The van der Waals surface area contributed by atoms with Gasteiger partial charge in [-0.05, 0) is 57.0 Å². The van der Waals surface area contributed by atoms with E-state index in [4.69, 9.17) is 0 Å². The maximum Gasteiger partial charge on any atom is 0.258 e. The van der Waals surface area contributed by atoms with Crippen molar-refractivity contribution in [1.29, 1.82) is 0 Å². The van der Waals surface area contributed by atoms with Crippen LogP contribution in [0.2, 0.25) is 0 Å². The molecule has 172 valence electrons. The van der Waals surface area contributed by atoms with Gasteiger partial charge in [0, 0.05) is 13.0 Å². The van der Waals surface area contributed by atoms with Gasteiger partial charge in [-0.2, -0.15) is 0 Å². The first kappa shape index (κ1) is 21.6. The molecule has 0 radical (unpaired) electrons. The van der Waals surface area contributed by atoms with Crippen LogP contribution in [0, 0.1) is 0 Å². The normalized spacial score (nSPS) is 23.4. The first-order valence-corrected chi connectivity index (χ1v) is 11.8. The fraction of sp³-hybridized carbons (Fsp3) is 0.423. The van der Waals surface area contributed by atoms with Gasteiger partial charge in [-0.15, -0.1) is 0 Å². The minimum absolute atomic E-state index is 0.0129. The van der Waals surface area contributed by atoms with E-state index in [9.17, 15) is 14.4 Å². The van der Waals surface area contributed by atoms with E-state index >= 15 is 0 Å². The molecule has 3 aliphatic rings. The van der Waals surface area contributed by atoms with Gasteiger partial charge in [-0.1, -0.05) is 42.5 Å². The van der Waals surface area contributed by atoms with Gasteiger partial charge < -0.3 is 10.2 Å². The molecule has 0 bridgehead atoms. The summed E-state index contributed by atoms with van der Waals surface area (Å²) in [6.45, 7) is 4.34. The molecule has 1 N–H and O–H groups in total. The Labute approximate surface area is 194 Å². The number of hydrogen-bond donors (Lipinski definition) is 1. The summed E-state index contributed by atoms with van der Waals surface area (Å²) in [5.74, 6) is -0.419. The second kappa shape index (κ2) is 8.63. The molecular weight excluding hydrogens is 416 g/mol. The Hall–Kier alpha value is -3.19. The molecule has 3 heterocycles. The number of rotatable bonds is 6. The summed E-state index contributed by atoms with van der Waals surface area (Å²) >= 11 is 0. The number of nitrogens with zero attached hydrogens (tertiary/aromatic N) is 3. The number of benzene rings is 2. The summed E-state index contributed by atoms with van der Waals surface area (Å²) in [6, 6.07) is 17.5. The van der Waals surface area contributed by atoms with E-state index in [-0.39, 0.29) is 30.3 Å². The first-order valence-electron chi connectivity index (χ1n) is 11.8. The van der Waals surface area contributed by atoms with Gasteiger partial charge in [0.05, 0.1) is 17.3 Å². The summed E-state index contributed by atoms with van der Waals surface area (Å²) in [4.78, 5) is 44.9. The van der Waals surface area contributed by atoms with Gasteiger partial charge >= 0.3 is 0 Å². The third kappa shape index (κ3) is 3.80. The van der Waals surface area contributed by atoms with Crippen molar-refractivity contribution >= 4 is 23.4 Å². The summed E-state index contributed by atoms with van der Waals surface area (Å²) < 4.78 is 0. The van der Waals surface area contributed by atoms with E-state index in [0.717, 1.165) is 13.1 Å². The number of amides is 3. The van der Waals surface area contributed by atoms with Crippen LogP contribution in [0.4, 0.5) is 5.69 Å². The lowest BCUT2D eigenvalue weighted by Crippen LogP contribution is -2.64. The van der Waals surface area contributed by atoms with E-state index in [1.807, 2.05) is 37.3 Å². The Morgan fingerprint density at radius 1 is 1.03 bits per heavy atom. The second-order valence-electron chi connectivity index (χ2n) is 9.33. The van der Waals surface area contributed by atoms with Gasteiger partial charge in [-0.3, -0.25) is 24.2 Å². The van der Waals surface area contributed by atoms with Crippen molar-refractivity contribution in [1.82, 2.24) is 15.1 Å². The number of nitrogens with one attached hydrogen (secondary N) is 1. The molecule has 2 aromatic rings. The molecule has 5 rings (SSSR count). The number of fused-ring (bicyclic) bond motifs is 3. The first-order chi connectivity index (χ1) is 16.0. The van der Waals surface area contributed by atoms with Crippen molar-refractivity contribution in [2.24, 2.45) is 0 Å². The summed E-state index contributed by atoms with van der Waals surface area (Å²) in [6.07, 6.45) is 3.21. The summed E-state index contributed by atoms with van der Waals surface area (Å²) in [5, 5.41) is 3.08. The van der Waals surface area contributed by atoms with Crippen LogP contribution < -0.4 is 10.2 Å². The number of likely N-dealkylation sites (tertiary alicyclic amines) is 1. The Kier molecular flexibility index (Phi) is 5.66. The average molecular weight is 447 g/mol. The fourth-order valence-corrected chi connectivity index (χ4v) is 5.54. The van der Waals surface area contributed by atoms with Crippen molar-refractivity contribution in [2.45, 2.75) is 44.3 Å². The van der Waals surface area contributed by atoms with Crippen LogP contribution >= 0.6 is 0 Å². The smallest absolute Gasteiger partial charge is 0.258 e. The molecule has 2 aromatic carbocycles. The Bertz CT molecular complexity index is 1070. The molecule has 2 unspecified atom stereocenters. The van der Waals surface area contributed by atoms with Gasteiger partial charge in [0.25, 0.3) is 5.91 Å². The van der Waals surface area contributed by atoms with E-state index < -0.39 is 5.66 Å². The van der Waals surface area contributed by atoms with Crippen LogP contribution in [-0.2, 0) is 9.59 Å². The molecule has 33 heavy (non-hydrogen) atoms. The molecular formula is C26H30N4O3. The largest absolute Gasteiger partial charge is 0.353 e. The lowest BCUT2D eigenvalue weighted by Gasteiger charge is -2.48. The van der Waals surface area contributed by atoms with E-state index in [2.05, 4.69) is 22.3 Å². The molecule has 2 saturated heterocycles. The predicted octanol–water partition coefficient (Wildman–Crippen LogP) is 2.94. The SMILES string of the molecule is CC12CCC(=O)N1c1ccccc1C(=O)N2CC(=O)NCC(c1ccccc1)N1CCCC1. The molecule has 3 amide bonds. The van der Waals surface area contributed by atoms with Crippen LogP contribution in [0.1, 0.15) is 54.6 Å². The highest BCUT2D eigenvalue weighted by Crippen LogP contribution is 2.43. The Morgan fingerprint density at radius 3 is 2.48 bits per heavy atom. The molecule has 2 atom stereocenters. The van der Waals surface area contributed by atoms with Crippen LogP contribution in [0.3, 0.4) is 0 Å². The standard InChI is InChI=1S/C26H30N4O3/c1-26-14-13-24(32)30(26)21-12-6-5-11-20(21)25(33)29(26)18-23(31)27-17-22(28-15-7-8-16-28)19-9-3-2-4-10-19/h2-6,9-12,22H,7-8,13-18H2,1H3,(H,27,31). The van der Waals surface area contributed by atoms with Crippen LogP contribution in [-0.4, -0.2) is 59.4 Å².